The van der Waals surface area contributed by atoms with Gasteiger partial charge in [-0.25, -0.2) is 0 Å². The average Bonchev–Trinajstić information content (AvgIpc) is 2.99. The molecule has 0 spiro atoms. The Morgan fingerprint density at radius 2 is 0.976 bits per heavy atom. The molecule has 0 rings (SSSR count). The lowest BCUT2D eigenvalue weighted by Gasteiger charge is -2.26. The highest BCUT2D eigenvalue weighted by atomic mass is 16.3. The molecule has 0 aromatic heterocycles. The van der Waals surface area contributed by atoms with Gasteiger partial charge in [0.2, 0.25) is 5.91 Å². The van der Waals surface area contributed by atoms with Crippen LogP contribution in [0.1, 0.15) is 181 Å². The minimum absolute atomic E-state index is 0.160. The Balaban J connectivity index is 3.77. The van der Waals surface area contributed by atoms with Gasteiger partial charge in [-0.3, -0.25) is 4.79 Å². The molecule has 0 heterocycles. The summed E-state index contributed by atoms with van der Waals surface area (Å²) in [6.45, 7) is 4.13. The van der Waals surface area contributed by atoms with E-state index >= 15 is 0 Å². The van der Waals surface area contributed by atoms with E-state index in [0.29, 0.717) is 12.8 Å². The number of aliphatic hydroxyl groups is 3. The van der Waals surface area contributed by atoms with E-state index in [1.165, 1.54) is 109 Å². The Morgan fingerprint density at radius 1 is 0.571 bits per heavy atom. The highest BCUT2D eigenvalue weighted by Crippen LogP contribution is 2.14. The molecule has 5 nitrogen and oxygen atoms in total. The highest BCUT2D eigenvalue weighted by molar-refractivity contribution is 5.76. The molecule has 0 aliphatic heterocycles. The topological polar surface area (TPSA) is 89.8 Å². The molecule has 1 amide bonds. The number of hydrogen-bond acceptors (Lipinski definition) is 4. The molecule has 42 heavy (non-hydrogen) atoms. The first-order chi connectivity index (χ1) is 20.6. The smallest absolute Gasteiger partial charge is 0.220 e. The van der Waals surface area contributed by atoms with Gasteiger partial charge in [-0.1, -0.05) is 147 Å². The van der Waals surface area contributed by atoms with Crippen LogP contribution in [0, 0.1) is 0 Å². The van der Waals surface area contributed by atoms with Crippen molar-refractivity contribution in [1.82, 2.24) is 5.32 Å². The van der Waals surface area contributed by atoms with Gasteiger partial charge in [0.15, 0.2) is 0 Å². The number of nitrogens with one attached hydrogen (secondary N) is 1. The van der Waals surface area contributed by atoms with Crippen molar-refractivity contribution in [3.05, 3.63) is 24.3 Å². The molecule has 248 valence electrons. The fraction of sp³-hybridized carbons (Fsp3) is 0.865. The second-order valence-electron chi connectivity index (χ2n) is 12.4. The predicted octanol–water partition coefficient (Wildman–Crippen LogP) is 9.48. The van der Waals surface area contributed by atoms with E-state index in [-0.39, 0.29) is 12.5 Å². The summed E-state index contributed by atoms with van der Waals surface area (Å²) in [7, 11) is 0. The summed E-state index contributed by atoms with van der Waals surface area (Å²) in [4.78, 5) is 12.3. The fourth-order valence-electron chi connectivity index (χ4n) is 5.41. The van der Waals surface area contributed by atoms with Crippen molar-refractivity contribution in [3.63, 3.8) is 0 Å². The molecular weight excluding hydrogens is 522 g/mol. The van der Waals surface area contributed by atoms with Gasteiger partial charge in [0.1, 0.15) is 6.10 Å². The minimum atomic E-state index is -1.16. The third kappa shape index (κ3) is 27.7. The molecule has 3 atom stereocenters. The molecule has 0 aliphatic carbocycles. The van der Waals surface area contributed by atoms with E-state index in [4.69, 9.17) is 0 Å². The second-order valence-corrected chi connectivity index (χ2v) is 12.4. The zero-order valence-electron chi connectivity index (χ0n) is 27.9. The Labute approximate surface area is 261 Å². The number of carbonyl (C=O) groups excluding carboxylic acids is 1. The summed E-state index contributed by atoms with van der Waals surface area (Å²) in [5, 5.41) is 33.3. The molecule has 0 aliphatic rings. The summed E-state index contributed by atoms with van der Waals surface area (Å²) in [6.07, 6.45) is 36.9. The molecule has 0 saturated heterocycles. The summed E-state index contributed by atoms with van der Waals surface area (Å²) in [6, 6.07) is -0.826. The van der Waals surface area contributed by atoms with Crippen LogP contribution in [-0.2, 0) is 4.79 Å². The average molecular weight is 594 g/mol. The van der Waals surface area contributed by atoms with E-state index < -0.39 is 18.2 Å². The van der Waals surface area contributed by atoms with Crippen molar-refractivity contribution in [2.75, 3.05) is 6.61 Å². The second kappa shape index (κ2) is 32.7. The molecule has 4 N–H and O–H groups in total. The largest absolute Gasteiger partial charge is 0.394 e. The molecule has 3 unspecified atom stereocenters. The van der Waals surface area contributed by atoms with Gasteiger partial charge in [-0.2, -0.15) is 0 Å². The lowest BCUT2D eigenvalue weighted by molar-refractivity contribution is -0.124. The highest BCUT2D eigenvalue weighted by Gasteiger charge is 2.26. The fourth-order valence-corrected chi connectivity index (χ4v) is 5.41. The molecule has 0 fully saturated rings. The normalized spacial score (nSPS) is 14.1. The van der Waals surface area contributed by atoms with Crippen LogP contribution >= 0.6 is 0 Å². The number of unbranched alkanes of at least 4 members (excludes halogenated alkanes) is 20. The zero-order chi connectivity index (χ0) is 30.9. The van der Waals surface area contributed by atoms with Gasteiger partial charge >= 0.3 is 0 Å². The number of allylic oxidation sites excluding steroid dienone is 4. The number of aliphatic hydroxyl groups excluding tert-OH is 3. The Bertz CT molecular complexity index is 621. The summed E-state index contributed by atoms with van der Waals surface area (Å²) in [5.41, 5.74) is 0. The van der Waals surface area contributed by atoms with Crippen LogP contribution < -0.4 is 5.32 Å². The van der Waals surface area contributed by atoms with Gasteiger partial charge in [-0.05, 0) is 51.4 Å². The molecule has 0 saturated carbocycles. The van der Waals surface area contributed by atoms with Crippen molar-refractivity contribution in [3.8, 4) is 0 Å². The Hall–Kier alpha value is -1.17. The lowest BCUT2D eigenvalue weighted by Crippen LogP contribution is -2.50. The van der Waals surface area contributed by atoms with Crippen LogP contribution in [0.2, 0.25) is 0 Å². The van der Waals surface area contributed by atoms with Gasteiger partial charge < -0.3 is 20.6 Å². The number of carbonyl (C=O) groups is 1. The van der Waals surface area contributed by atoms with Gasteiger partial charge in [0, 0.05) is 6.42 Å². The van der Waals surface area contributed by atoms with Crippen LogP contribution in [-0.4, -0.2) is 46.1 Å². The number of rotatable bonds is 32. The quantitative estimate of drug-likeness (QED) is 0.0462. The van der Waals surface area contributed by atoms with E-state index in [0.717, 1.165) is 44.9 Å². The molecule has 0 radical (unpaired) electrons. The molecule has 5 heteroatoms. The van der Waals surface area contributed by atoms with E-state index in [1.54, 1.807) is 0 Å². The third-order valence-electron chi connectivity index (χ3n) is 8.29. The van der Waals surface area contributed by atoms with Gasteiger partial charge in [0.05, 0.1) is 18.8 Å². The van der Waals surface area contributed by atoms with Crippen LogP contribution in [0.25, 0.3) is 0 Å². The molecule has 0 aromatic rings. The standard InChI is InChI=1S/C37H71NO4/c1-3-5-7-9-11-13-15-17-18-20-21-23-25-27-29-31-35(40)37(42)34(33-39)38-36(41)32-30-28-26-24-22-19-16-14-12-10-8-6-4-2/h17-18,23,25,34-35,37,39-40,42H,3-16,19-22,24,26-33H2,1-2H3,(H,38,41)/b18-17+,25-23+. The van der Waals surface area contributed by atoms with Crippen molar-refractivity contribution in [1.29, 1.82) is 0 Å². The SMILES string of the molecule is CCCCCCCC/C=C/CC/C=C/CCCC(O)C(O)C(CO)NC(=O)CCCCCCCCCCCCCCC. The summed E-state index contributed by atoms with van der Waals surface area (Å²) < 4.78 is 0. The van der Waals surface area contributed by atoms with Crippen LogP contribution in [0.4, 0.5) is 0 Å². The monoisotopic (exact) mass is 594 g/mol. The van der Waals surface area contributed by atoms with Crippen molar-refractivity contribution in [2.45, 2.75) is 199 Å². The first kappa shape index (κ1) is 40.8. The Kier molecular flexibility index (Phi) is 31.8. The van der Waals surface area contributed by atoms with Gasteiger partial charge in [-0.15, -0.1) is 0 Å². The third-order valence-corrected chi connectivity index (χ3v) is 8.29. The summed E-state index contributed by atoms with van der Waals surface area (Å²) in [5.74, 6) is -0.160. The van der Waals surface area contributed by atoms with E-state index in [9.17, 15) is 20.1 Å². The van der Waals surface area contributed by atoms with E-state index in [1.807, 2.05) is 0 Å². The molecule has 0 aromatic carbocycles. The van der Waals surface area contributed by atoms with E-state index in [2.05, 4.69) is 43.5 Å². The van der Waals surface area contributed by atoms with Crippen molar-refractivity contribution >= 4 is 5.91 Å². The van der Waals surface area contributed by atoms with Crippen LogP contribution in [0.5, 0.6) is 0 Å². The van der Waals surface area contributed by atoms with Crippen molar-refractivity contribution < 1.29 is 20.1 Å². The number of amides is 1. The minimum Gasteiger partial charge on any atom is -0.394 e. The lowest BCUT2D eigenvalue weighted by atomic mass is 10.0. The Morgan fingerprint density at radius 3 is 1.45 bits per heavy atom. The number of hydrogen-bond donors (Lipinski definition) is 4. The maximum absolute atomic E-state index is 12.3. The van der Waals surface area contributed by atoms with Crippen LogP contribution in [0.3, 0.4) is 0 Å². The maximum atomic E-state index is 12.3. The zero-order valence-corrected chi connectivity index (χ0v) is 27.9. The van der Waals surface area contributed by atoms with Gasteiger partial charge in [0.25, 0.3) is 0 Å². The van der Waals surface area contributed by atoms with Crippen LogP contribution in [0.15, 0.2) is 24.3 Å². The first-order valence-corrected chi connectivity index (χ1v) is 18.1. The van der Waals surface area contributed by atoms with Crippen molar-refractivity contribution in [2.24, 2.45) is 0 Å². The molecule has 0 bridgehead atoms. The molecular formula is C37H71NO4. The predicted molar refractivity (Wildman–Crippen MR) is 181 cm³/mol. The summed E-state index contributed by atoms with van der Waals surface area (Å²) >= 11 is 0. The maximum Gasteiger partial charge on any atom is 0.220 e. The first-order valence-electron chi connectivity index (χ1n) is 18.1.